The summed E-state index contributed by atoms with van der Waals surface area (Å²) in [4.78, 5) is 15.9. The number of carboxylic acid groups (broad SMARTS) is 1. The van der Waals surface area contributed by atoms with Crippen molar-refractivity contribution < 1.29 is 19.7 Å². The van der Waals surface area contributed by atoms with E-state index in [1.807, 2.05) is 12.1 Å². The van der Waals surface area contributed by atoms with Gasteiger partial charge in [-0.25, -0.2) is 4.79 Å². The summed E-state index contributed by atoms with van der Waals surface area (Å²) in [6, 6.07) is 7.30. The molecule has 2 fully saturated rings. The molecule has 0 amide bonds. The lowest BCUT2D eigenvalue weighted by atomic mass is 10.1. The number of ether oxygens (including phenoxy) is 1. The number of carbonyl (C=O) groups is 1. The van der Waals surface area contributed by atoms with Gasteiger partial charge >= 0.3 is 5.97 Å². The van der Waals surface area contributed by atoms with Gasteiger partial charge in [0.25, 0.3) is 0 Å². The minimum atomic E-state index is -0.872. The lowest BCUT2D eigenvalue weighted by Crippen LogP contribution is -2.44. The summed E-state index contributed by atoms with van der Waals surface area (Å²) in [5.74, 6) is -0.872. The van der Waals surface area contributed by atoms with Gasteiger partial charge < -0.3 is 14.9 Å². The van der Waals surface area contributed by atoms with Crippen LogP contribution in [0, 0.1) is 0 Å². The molecule has 0 unspecified atom stereocenters. The Balaban J connectivity index is 1.61. The Bertz CT molecular complexity index is 551. The van der Waals surface area contributed by atoms with Gasteiger partial charge in [0.05, 0.1) is 30.9 Å². The quantitative estimate of drug-likeness (QED) is 0.849. The molecule has 23 heavy (non-hydrogen) atoms. The molecule has 0 saturated carbocycles. The molecule has 0 radical (unpaired) electrons. The number of aliphatic hydroxyl groups excluding tert-OH is 1. The first-order valence-electron chi connectivity index (χ1n) is 8.18. The summed E-state index contributed by atoms with van der Waals surface area (Å²) >= 11 is 0. The van der Waals surface area contributed by atoms with E-state index in [0.717, 1.165) is 38.2 Å². The molecule has 2 aliphatic rings. The normalized spacial score (nSPS) is 27.0. The number of benzene rings is 1. The zero-order valence-electron chi connectivity index (χ0n) is 13.2. The minimum Gasteiger partial charge on any atom is -0.478 e. The largest absolute Gasteiger partial charge is 0.478 e. The van der Waals surface area contributed by atoms with Crippen LogP contribution in [0.3, 0.4) is 0 Å². The Morgan fingerprint density at radius 2 is 2.00 bits per heavy atom. The lowest BCUT2D eigenvalue weighted by Gasteiger charge is -2.28. The predicted octanol–water partition coefficient (Wildman–Crippen LogP) is 0.652. The highest BCUT2D eigenvalue weighted by Crippen LogP contribution is 2.18. The molecule has 1 aromatic carbocycles. The Morgan fingerprint density at radius 3 is 2.74 bits per heavy atom. The average Bonchev–Trinajstić information content (AvgIpc) is 2.83. The van der Waals surface area contributed by atoms with Crippen molar-refractivity contribution in [3.05, 3.63) is 35.4 Å². The van der Waals surface area contributed by atoms with Crippen molar-refractivity contribution >= 4 is 5.97 Å². The van der Waals surface area contributed by atoms with E-state index in [0.29, 0.717) is 25.3 Å². The number of rotatable bonds is 4. The summed E-state index contributed by atoms with van der Waals surface area (Å²) in [7, 11) is 0. The van der Waals surface area contributed by atoms with Crippen LogP contribution in [0.2, 0.25) is 0 Å². The molecule has 0 aliphatic carbocycles. The second-order valence-electron chi connectivity index (χ2n) is 6.30. The molecule has 2 saturated heterocycles. The van der Waals surface area contributed by atoms with E-state index in [-0.39, 0.29) is 6.04 Å². The fraction of sp³-hybridized carbons (Fsp3) is 0.588. The van der Waals surface area contributed by atoms with Gasteiger partial charge in [0, 0.05) is 19.6 Å². The molecular formula is C17H24N2O4. The highest BCUT2D eigenvalue weighted by atomic mass is 16.5. The van der Waals surface area contributed by atoms with E-state index in [4.69, 9.17) is 4.74 Å². The molecule has 2 aliphatic heterocycles. The maximum absolute atomic E-state index is 11.3. The summed E-state index contributed by atoms with van der Waals surface area (Å²) in [5, 5.41) is 19.3. The second-order valence-corrected chi connectivity index (χ2v) is 6.30. The molecule has 3 rings (SSSR count). The molecule has 2 atom stereocenters. The van der Waals surface area contributed by atoms with E-state index in [1.54, 1.807) is 12.1 Å². The number of hydrogen-bond donors (Lipinski definition) is 2. The Hall–Kier alpha value is -1.47. The third-order valence-corrected chi connectivity index (χ3v) is 4.76. The highest BCUT2D eigenvalue weighted by molar-refractivity contribution is 5.89. The van der Waals surface area contributed by atoms with E-state index in [2.05, 4.69) is 9.80 Å². The van der Waals surface area contributed by atoms with E-state index in [9.17, 15) is 15.0 Å². The first-order chi connectivity index (χ1) is 11.1. The van der Waals surface area contributed by atoms with Crippen molar-refractivity contribution in [2.24, 2.45) is 0 Å². The molecule has 1 aromatic rings. The molecule has 126 valence electrons. The summed E-state index contributed by atoms with van der Waals surface area (Å²) in [6.45, 7) is 5.31. The average molecular weight is 320 g/mol. The molecule has 0 spiro atoms. The maximum Gasteiger partial charge on any atom is 0.336 e. The predicted molar refractivity (Wildman–Crippen MR) is 85.5 cm³/mol. The zero-order chi connectivity index (χ0) is 16.2. The van der Waals surface area contributed by atoms with Crippen molar-refractivity contribution in [1.82, 2.24) is 9.80 Å². The van der Waals surface area contributed by atoms with E-state index >= 15 is 0 Å². The van der Waals surface area contributed by atoms with Crippen LogP contribution < -0.4 is 0 Å². The molecular weight excluding hydrogens is 296 g/mol. The van der Waals surface area contributed by atoms with Gasteiger partial charge in [0.1, 0.15) is 0 Å². The Kier molecular flexibility index (Phi) is 5.27. The Labute approximate surface area is 136 Å². The SMILES string of the molecule is O=C(O)c1ccccc1CN1CCCN([C@H]2COC[C@@H]2O)CC1. The first-order valence-corrected chi connectivity index (χ1v) is 8.18. The number of aliphatic hydroxyl groups is 1. The molecule has 2 heterocycles. The van der Waals surface area contributed by atoms with Crippen LogP contribution >= 0.6 is 0 Å². The summed E-state index contributed by atoms with van der Waals surface area (Å²) in [5.41, 5.74) is 1.24. The highest BCUT2D eigenvalue weighted by Gasteiger charge is 2.32. The van der Waals surface area contributed by atoms with Crippen LogP contribution in [0.1, 0.15) is 22.3 Å². The lowest BCUT2D eigenvalue weighted by molar-refractivity contribution is 0.0693. The smallest absolute Gasteiger partial charge is 0.336 e. The summed E-state index contributed by atoms with van der Waals surface area (Å²) in [6.07, 6.45) is 0.618. The first kappa shape index (κ1) is 16.4. The molecule has 0 bridgehead atoms. The third-order valence-electron chi connectivity index (χ3n) is 4.76. The van der Waals surface area contributed by atoms with Crippen molar-refractivity contribution in [2.75, 3.05) is 39.4 Å². The molecule has 0 aromatic heterocycles. The number of hydrogen-bond acceptors (Lipinski definition) is 5. The monoisotopic (exact) mass is 320 g/mol. The molecule has 6 nitrogen and oxygen atoms in total. The standard InChI is InChI=1S/C17H24N2O4/c20-16-12-23-11-15(16)19-7-3-6-18(8-9-19)10-13-4-1-2-5-14(13)17(21)22/h1-2,4-5,15-16,20H,3,6-12H2,(H,21,22)/t15-,16-/m0/s1. The van der Waals surface area contributed by atoms with Crippen molar-refractivity contribution in [3.8, 4) is 0 Å². The third kappa shape index (κ3) is 3.90. The Morgan fingerprint density at radius 1 is 1.17 bits per heavy atom. The van der Waals surface area contributed by atoms with Crippen LogP contribution in [0.4, 0.5) is 0 Å². The van der Waals surface area contributed by atoms with Crippen molar-refractivity contribution in [1.29, 1.82) is 0 Å². The van der Waals surface area contributed by atoms with Gasteiger partial charge in [-0.1, -0.05) is 18.2 Å². The maximum atomic E-state index is 11.3. The van der Waals surface area contributed by atoms with E-state index < -0.39 is 12.1 Å². The molecule has 2 N–H and O–H groups in total. The van der Waals surface area contributed by atoms with Crippen LogP contribution in [0.5, 0.6) is 0 Å². The van der Waals surface area contributed by atoms with Crippen molar-refractivity contribution in [2.45, 2.75) is 25.1 Å². The topological polar surface area (TPSA) is 73.2 Å². The summed E-state index contributed by atoms with van der Waals surface area (Å²) < 4.78 is 5.36. The zero-order valence-corrected chi connectivity index (χ0v) is 13.2. The fourth-order valence-corrected chi connectivity index (χ4v) is 3.47. The second kappa shape index (κ2) is 7.40. The van der Waals surface area contributed by atoms with Crippen LogP contribution in [0.25, 0.3) is 0 Å². The fourth-order valence-electron chi connectivity index (χ4n) is 3.47. The number of carboxylic acids is 1. The van der Waals surface area contributed by atoms with E-state index in [1.165, 1.54) is 0 Å². The minimum absolute atomic E-state index is 0.0984. The van der Waals surface area contributed by atoms with Gasteiger partial charge in [-0.2, -0.15) is 0 Å². The number of aromatic carboxylic acids is 1. The van der Waals surface area contributed by atoms with Crippen molar-refractivity contribution in [3.63, 3.8) is 0 Å². The van der Waals surface area contributed by atoms with Crippen LogP contribution in [0.15, 0.2) is 24.3 Å². The van der Waals surface area contributed by atoms with Gasteiger partial charge in [0.15, 0.2) is 0 Å². The molecule has 6 heteroatoms. The van der Waals surface area contributed by atoms with Crippen LogP contribution in [-0.2, 0) is 11.3 Å². The van der Waals surface area contributed by atoms with Gasteiger partial charge in [0.2, 0.25) is 0 Å². The van der Waals surface area contributed by atoms with Gasteiger partial charge in [-0.15, -0.1) is 0 Å². The van der Waals surface area contributed by atoms with Gasteiger partial charge in [-0.3, -0.25) is 9.80 Å². The number of nitrogens with zero attached hydrogens (tertiary/aromatic N) is 2. The van der Waals surface area contributed by atoms with Gasteiger partial charge in [-0.05, 0) is 31.1 Å². The van der Waals surface area contributed by atoms with Crippen LogP contribution in [-0.4, -0.2) is 77.5 Å².